The average molecular weight is 475 g/mol. The molecule has 0 saturated heterocycles. The molecule has 0 amide bonds. The Morgan fingerprint density at radius 3 is 2.68 bits per heavy atom. The van der Waals surface area contributed by atoms with Crippen LogP contribution in [0.2, 0.25) is 0 Å². The molecule has 0 spiro atoms. The van der Waals surface area contributed by atoms with Crippen molar-refractivity contribution in [2.75, 3.05) is 27.3 Å². The van der Waals surface area contributed by atoms with Gasteiger partial charge in [0.25, 0.3) is 0 Å². The minimum atomic E-state index is 0. The smallest absolute Gasteiger partial charge is 0.191 e. The molecule has 0 fully saturated rings. The summed E-state index contributed by atoms with van der Waals surface area (Å²) in [5.74, 6) is 2.30. The zero-order valence-electron chi connectivity index (χ0n) is 14.9. The van der Waals surface area contributed by atoms with Crippen LogP contribution >= 0.6 is 35.3 Å². The van der Waals surface area contributed by atoms with Gasteiger partial charge >= 0.3 is 0 Å². The lowest BCUT2D eigenvalue weighted by Gasteiger charge is -2.14. The second kappa shape index (κ2) is 12.0. The first-order valence-corrected chi connectivity index (χ1v) is 8.91. The molecule has 7 heteroatoms. The van der Waals surface area contributed by atoms with Crippen LogP contribution in [0.25, 0.3) is 0 Å². The van der Waals surface area contributed by atoms with Gasteiger partial charge in [0.2, 0.25) is 0 Å². The van der Waals surface area contributed by atoms with Gasteiger partial charge in [0.1, 0.15) is 0 Å². The number of nitrogens with one attached hydrogen (secondary N) is 2. The summed E-state index contributed by atoms with van der Waals surface area (Å²) in [7, 11) is 3.43. The highest BCUT2D eigenvalue weighted by atomic mass is 127. The molecule has 0 saturated carbocycles. The van der Waals surface area contributed by atoms with E-state index in [-0.39, 0.29) is 24.0 Å². The zero-order valence-corrected chi connectivity index (χ0v) is 18.0. The highest BCUT2D eigenvalue weighted by Gasteiger charge is 2.06. The van der Waals surface area contributed by atoms with Crippen molar-refractivity contribution in [3.8, 4) is 11.5 Å². The minimum absolute atomic E-state index is 0. The molecule has 0 unspecified atom stereocenters. The zero-order chi connectivity index (χ0) is 17.2. The molecule has 25 heavy (non-hydrogen) atoms. The molecule has 0 aliphatic rings. The Labute approximate surface area is 170 Å². The summed E-state index contributed by atoms with van der Waals surface area (Å²) >= 11 is 1.78. The van der Waals surface area contributed by atoms with Crippen molar-refractivity contribution in [3.05, 3.63) is 46.2 Å². The van der Waals surface area contributed by atoms with Crippen LogP contribution in [0.4, 0.5) is 0 Å². The molecular formula is C18H26IN3O2S. The molecule has 138 valence electrons. The fraction of sp³-hybridized carbons (Fsp3) is 0.389. The molecule has 1 aromatic heterocycles. The molecule has 1 aromatic carbocycles. The van der Waals surface area contributed by atoms with Gasteiger partial charge < -0.3 is 20.1 Å². The molecule has 0 aliphatic heterocycles. The van der Waals surface area contributed by atoms with E-state index in [1.54, 1.807) is 25.5 Å². The number of methoxy groups -OCH3 is 1. The molecule has 0 bridgehead atoms. The van der Waals surface area contributed by atoms with Crippen molar-refractivity contribution >= 4 is 41.3 Å². The Kier molecular flexibility index (Phi) is 10.3. The summed E-state index contributed by atoms with van der Waals surface area (Å²) in [5.41, 5.74) is 1.11. The largest absolute Gasteiger partial charge is 0.493 e. The lowest BCUT2D eigenvalue weighted by molar-refractivity contribution is 0.310. The number of halogens is 1. The van der Waals surface area contributed by atoms with E-state index in [9.17, 15) is 0 Å². The van der Waals surface area contributed by atoms with Gasteiger partial charge in [-0.05, 0) is 42.5 Å². The highest BCUT2D eigenvalue weighted by molar-refractivity contribution is 14.0. The van der Waals surface area contributed by atoms with Crippen LogP contribution < -0.4 is 20.1 Å². The quantitative estimate of drug-likeness (QED) is 0.348. The molecule has 0 radical (unpaired) electrons. The van der Waals surface area contributed by atoms with E-state index in [0.29, 0.717) is 13.2 Å². The Bertz CT molecular complexity index is 648. The third-order valence-corrected chi connectivity index (χ3v) is 4.39. The average Bonchev–Trinajstić information content (AvgIpc) is 3.12. The van der Waals surface area contributed by atoms with Gasteiger partial charge in [0.05, 0.1) is 13.7 Å². The summed E-state index contributed by atoms with van der Waals surface area (Å²) in [6, 6.07) is 10.2. The standard InChI is InChI=1S/C18H25N3O2S.HI/c1-4-23-16-8-7-14(12-17(16)22-3)13-21-18(19-2)20-10-9-15-6-5-11-24-15;/h5-8,11-12H,4,9-10,13H2,1-3H3,(H2,19,20,21);1H. The van der Waals surface area contributed by atoms with Gasteiger partial charge in [-0.3, -0.25) is 4.99 Å². The topological polar surface area (TPSA) is 54.9 Å². The van der Waals surface area contributed by atoms with Crippen LogP contribution in [-0.4, -0.2) is 33.3 Å². The first-order chi connectivity index (χ1) is 11.8. The van der Waals surface area contributed by atoms with E-state index in [0.717, 1.165) is 36.0 Å². The maximum Gasteiger partial charge on any atom is 0.191 e. The van der Waals surface area contributed by atoms with E-state index in [2.05, 4.69) is 33.1 Å². The molecule has 0 atom stereocenters. The van der Waals surface area contributed by atoms with Gasteiger partial charge in [-0.15, -0.1) is 35.3 Å². The van der Waals surface area contributed by atoms with Gasteiger partial charge in [-0.1, -0.05) is 12.1 Å². The highest BCUT2D eigenvalue weighted by Crippen LogP contribution is 2.27. The van der Waals surface area contributed by atoms with Crippen molar-refractivity contribution in [2.45, 2.75) is 19.9 Å². The Hall–Kier alpha value is -1.48. The Balaban J connectivity index is 0.00000312. The maximum absolute atomic E-state index is 5.54. The molecule has 1 heterocycles. The fourth-order valence-electron chi connectivity index (χ4n) is 2.26. The Morgan fingerprint density at radius 1 is 1.20 bits per heavy atom. The van der Waals surface area contributed by atoms with Crippen LogP contribution in [0.5, 0.6) is 11.5 Å². The summed E-state index contributed by atoms with van der Waals surface area (Å²) < 4.78 is 10.9. The van der Waals surface area contributed by atoms with Gasteiger partial charge in [0, 0.05) is 25.0 Å². The second-order valence-corrected chi connectivity index (χ2v) is 6.13. The lowest BCUT2D eigenvalue weighted by Crippen LogP contribution is -2.37. The Morgan fingerprint density at radius 2 is 2.04 bits per heavy atom. The number of benzene rings is 1. The number of thiophene rings is 1. The molecule has 2 N–H and O–H groups in total. The number of aliphatic imine (C=N–C) groups is 1. The first kappa shape index (κ1) is 21.6. The van der Waals surface area contributed by atoms with E-state index in [1.807, 2.05) is 25.1 Å². The molecule has 5 nitrogen and oxygen atoms in total. The maximum atomic E-state index is 5.54. The van der Waals surface area contributed by atoms with Crippen LogP contribution in [0.1, 0.15) is 17.4 Å². The molecular weight excluding hydrogens is 449 g/mol. The van der Waals surface area contributed by atoms with Crippen molar-refractivity contribution in [3.63, 3.8) is 0 Å². The first-order valence-electron chi connectivity index (χ1n) is 8.03. The van der Waals surface area contributed by atoms with Gasteiger partial charge in [-0.2, -0.15) is 0 Å². The third kappa shape index (κ3) is 7.11. The van der Waals surface area contributed by atoms with E-state index in [4.69, 9.17) is 9.47 Å². The lowest BCUT2D eigenvalue weighted by atomic mass is 10.2. The number of rotatable bonds is 8. The molecule has 2 rings (SSSR count). The van der Waals surface area contributed by atoms with Crippen LogP contribution in [0.3, 0.4) is 0 Å². The third-order valence-electron chi connectivity index (χ3n) is 3.46. The number of nitrogens with zero attached hydrogens (tertiary/aromatic N) is 1. The second-order valence-electron chi connectivity index (χ2n) is 5.10. The van der Waals surface area contributed by atoms with E-state index in [1.165, 1.54) is 4.88 Å². The van der Waals surface area contributed by atoms with Gasteiger partial charge in [-0.25, -0.2) is 0 Å². The van der Waals surface area contributed by atoms with Crippen molar-refractivity contribution in [1.29, 1.82) is 0 Å². The monoisotopic (exact) mass is 475 g/mol. The molecule has 0 aliphatic carbocycles. The summed E-state index contributed by atoms with van der Waals surface area (Å²) in [6.07, 6.45) is 0.995. The summed E-state index contributed by atoms with van der Waals surface area (Å²) in [5, 5.41) is 8.74. The van der Waals surface area contributed by atoms with Crippen LogP contribution in [-0.2, 0) is 13.0 Å². The predicted molar refractivity (Wildman–Crippen MR) is 116 cm³/mol. The van der Waals surface area contributed by atoms with Crippen molar-refractivity contribution in [1.82, 2.24) is 10.6 Å². The summed E-state index contributed by atoms with van der Waals surface area (Å²) in [6.45, 7) is 4.10. The number of guanidine groups is 1. The summed E-state index contributed by atoms with van der Waals surface area (Å²) in [4.78, 5) is 5.62. The fourth-order valence-corrected chi connectivity index (χ4v) is 2.97. The van der Waals surface area contributed by atoms with Crippen LogP contribution in [0.15, 0.2) is 40.7 Å². The van der Waals surface area contributed by atoms with Crippen molar-refractivity contribution in [2.24, 2.45) is 4.99 Å². The SMILES string of the molecule is CCOc1ccc(CNC(=NC)NCCc2cccs2)cc1OC.I. The number of hydrogen-bond acceptors (Lipinski definition) is 4. The normalized spacial score (nSPS) is 10.8. The van der Waals surface area contributed by atoms with E-state index >= 15 is 0 Å². The number of hydrogen-bond donors (Lipinski definition) is 2. The predicted octanol–water partition coefficient (Wildman–Crippen LogP) is 3.68. The number of ether oxygens (including phenoxy) is 2. The van der Waals surface area contributed by atoms with Crippen LogP contribution in [0, 0.1) is 0 Å². The molecule has 2 aromatic rings. The van der Waals surface area contributed by atoms with Gasteiger partial charge in [0.15, 0.2) is 17.5 Å². The van der Waals surface area contributed by atoms with E-state index < -0.39 is 0 Å². The van der Waals surface area contributed by atoms with Crippen molar-refractivity contribution < 1.29 is 9.47 Å². The minimum Gasteiger partial charge on any atom is -0.493 e.